The molecule has 0 atom stereocenters. The summed E-state index contributed by atoms with van der Waals surface area (Å²) in [7, 11) is 0. The first-order chi connectivity index (χ1) is 15.5. The van der Waals surface area contributed by atoms with E-state index in [1.165, 1.54) is 6.08 Å². The lowest BCUT2D eigenvalue weighted by molar-refractivity contribution is -0.112. The maximum absolute atomic E-state index is 12.6. The van der Waals surface area contributed by atoms with Crippen LogP contribution in [0.5, 0.6) is 11.5 Å². The number of ether oxygens (including phenoxy) is 2. The van der Waals surface area contributed by atoms with Crippen molar-refractivity contribution in [2.24, 2.45) is 0 Å². The number of nitrogens with one attached hydrogen (secondary N) is 1. The Kier molecular flexibility index (Phi) is 8.15. The molecule has 3 rings (SSSR count). The molecule has 0 aromatic heterocycles. The summed E-state index contributed by atoms with van der Waals surface area (Å²) < 4.78 is 11.3. The number of amides is 1. The van der Waals surface area contributed by atoms with E-state index in [2.05, 4.69) is 5.32 Å². The highest BCUT2D eigenvalue weighted by Crippen LogP contribution is 2.26. The smallest absolute Gasteiger partial charge is 0.266 e. The second kappa shape index (κ2) is 11.2. The third-order valence-corrected chi connectivity index (χ3v) is 5.00. The molecule has 3 aromatic rings. The highest BCUT2D eigenvalue weighted by molar-refractivity contribution is 6.31. The highest BCUT2D eigenvalue weighted by atomic mass is 35.5. The number of anilines is 1. The van der Waals surface area contributed by atoms with Gasteiger partial charge < -0.3 is 14.8 Å². The number of carbonyl (C=O) groups is 1. The van der Waals surface area contributed by atoms with Crippen LogP contribution in [0.2, 0.25) is 10.0 Å². The molecule has 7 heteroatoms. The Balaban J connectivity index is 1.68. The lowest BCUT2D eigenvalue weighted by Crippen LogP contribution is -2.13. The van der Waals surface area contributed by atoms with Crippen molar-refractivity contribution < 1.29 is 14.3 Å². The molecule has 32 heavy (non-hydrogen) atoms. The number of rotatable bonds is 8. The van der Waals surface area contributed by atoms with Crippen LogP contribution in [-0.4, -0.2) is 12.5 Å². The number of carbonyl (C=O) groups excluding carboxylic acids is 1. The fourth-order valence-electron chi connectivity index (χ4n) is 2.83. The molecule has 3 aromatic carbocycles. The summed E-state index contributed by atoms with van der Waals surface area (Å²) in [5, 5.41) is 13.3. The molecule has 0 saturated heterocycles. The molecule has 0 bridgehead atoms. The topological polar surface area (TPSA) is 71.3 Å². The lowest BCUT2D eigenvalue weighted by Gasteiger charge is -2.10. The molecule has 1 amide bonds. The summed E-state index contributed by atoms with van der Waals surface area (Å²) in [4.78, 5) is 12.6. The highest BCUT2D eigenvalue weighted by Gasteiger charge is 2.12. The van der Waals surface area contributed by atoms with Crippen molar-refractivity contribution in [2.45, 2.75) is 13.5 Å². The Bertz CT molecular complexity index is 1170. The number of nitriles is 1. The van der Waals surface area contributed by atoms with Crippen LogP contribution in [0.1, 0.15) is 18.1 Å². The van der Waals surface area contributed by atoms with Gasteiger partial charge in [-0.1, -0.05) is 41.4 Å². The van der Waals surface area contributed by atoms with E-state index in [1.807, 2.05) is 31.2 Å². The fourth-order valence-corrected chi connectivity index (χ4v) is 3.20. The van der Waals surface area contributed by atoms with Gasteiger partial charge in [-0.3, -0.25) is 4.79 Å². The van der Waals surface area contributed by atoms with Crippen LogP contribution in [0.15, 0.2) is 72.3 Å². The predicted octanol–water partition coefficient (Wildman–Crippen LogP) is 6.52. The van der Waals surface area contributed by atoms with E-state index in [0.717, 1.165) is 5.56 Å². The second-order valence-corrected chi connectivity index (χ2v) is 7.49. The summed E-state index contributed by atoms with van der Waals surface area (Å²) in [6.45, 7) is 2.62. The minimum absolute atomic E-state index is 0.0766. The van der Waals surface area contributed by atoms with E-state index >= 15 is 0 Å². The van der Waals surface area contributed by atoms with Gasteiger partial charge in [0.15, 0.2) is 0 Å². The first-order valence-corrected chi connectivity index (χ1v) is 10.6. The van der Waals surface area contributed by atoms with E-state index in [4.69, 9.17) is 32.7 Å². The molecule has 1 N–H and O–H groups in total. The molecule has 0 saturated carbocycles. The van der Waals surface area contributed by atoms with Gasteiger partial charge in [-0.2, -0.15) is 5.26 Å². The molecule has 0 unspecified atom stereocenters. The van der Waals surface area contributed by atoms with Crippen molar-refractivity contribution in [1.29, 1.82) is 5.26 Å². The van der Waals surface area contributed by atoms with Gasteiger partial charge in [0.2, 0.25) is 0 Å². The van der Waals surface area contributed by atoms with Crippen LogP contribution in [0, 0.1) is 11.3 Å². The van der Waals surface area contributed by atoms with E-state index in [-0.39, 0.29) is 5.57 Å². The molecule has 0 aliphatic heterocycles. The summed E-state index contributed by atoms with van der Waals surface area (Å²) >= 11 is 12.2. The molecule has 162 valence electrons. The normalized spacial score (nSPS) is 10.9. The van der Waals surface area contributed by atoms with Crippen molar-refractivity contribution in [2.75, 3.05) is 11.9 Å². The Morgan fingerprint density at radius 1 is 1.06 bits per heavy atom. The maximum Gasteiger partial charge on any atom is 0.266 e. The van der Waals surface area contributed by atoms with Crippen LogP contribution in [-0.2, 0) is 11.4 Å². The number of halogens is 2. The van der Waals surface area contributed by atoms with E-state index in [0.29, 0.717) is 46.0 Å². The Morgan fingerprint density at radius 2 is 1.81 bits per heavy atom. The van der Waals surface area contributed by atoms with Gasteiger partial charge in [0.05, 0.1) is 6.61 Å². The molecule has 5 nitrogen and oxygen atoms in total. The van der Waals surface area contributed by atoms with Gasteiger partial charge in [-0.15, -0.1) is 0 Å². The van der Waals surface area contributed by atoms with Gasteiger partial charge in [0.25, 0.3) is 5.91 Å². The molecule has 0 fully saturated rings. The lowest BCUT2D eigenvalue weighted by atomic mass is 10.1. The average Bonchev–Trinajstić information content (AvgIpc) is 2.79. The van der Waals surface area contributed by atoms with Crippen molar-refractivity contribution >= 4 is 40.9 Å². The van der Waals surface area contributed by atoms with E-state index in [9.17, 15) is 10.1 Å². The Morgan fingerprint density at radius 3 is 2.50 bits per heavy atom. The van der Waals surface area contributed by atoms with Crippen LogP contribution in [0.25, 0.3) is 6.08 Å². The maximum atomic E-state index is 12.6. The summed E-state index contributed by atoms with van der Waals surface area (Å²) in [6.07, 6.45) is 1.45. The zero-order valence-electron chi connectivity index (χ0n) is 17.3. The van der Waals surface area contributed by atoms with Crippen LogP contribution >= 0.6 is 23.2 Å². The minimum atomic E-state index is -0.542. The number of hydrogen-bond donors (Lipinski definition) is 1. The van der Waals surface area contributed by atoms with E-state index < -0.39 is 5.91 Å². The van der Waals surface area contributed by atoms with Gasteiger partial charge in [-0.05, 0) is 61.5 Å². The molecule has 0 spiro atoms. The first-order valence-electron chi connectivity index (χ1n) is 9.82. The predicted molar refractivity (Wildman–Crippen MR) is 127 cm³/mol. The average molecular weight is 467 g/mol. The molecular formula is C25H20Cl2N2O3. The van der Waals surface area contributed by atoms with Gasteiger partial charge in [0, 0.05) is 26.9 Å². The van der Waals surface area contributed by atoms with Crippen LogP contribution in [0.4, 0.5) is 5.69 Å². The fraction of sp³-hybridized carbons (Fsp3) is 0.120. The van der Waals surface area contributed by atoms with Crippen molar-refractivity contribution in [1.82, 2.24) is 0 Å². The third kappa shape index (κ3) is 6.27. The second-order valence-electron chi connectivity index (χ2n) is 6.64. The van der Waals surface area contributed by atoms with Gasteiger partial charge in [-0.25, -0.2) is 0 Å². The molecule has 0 radical (unpaired) electrons. The zero-order chi connectivity index (χ0) is 22.9. The summed E-state index contributed by atoms with van der Waals surface area (Å²) in [6, 6.07) is 21.3. The first kappa shape index (κ1) is 23.2. The molecule has 0 aliphatic carbocycles. The van der Waals surface area contributed by atoms with Crippen molar-refractivity contribution in [3.05, 3.63) is 93.5 Å². The van der Waals surface area contributed by atoms with Crippen molar-refractivity contribution in [3.63, 3.8) is 0 Å². The van der Waals surface area contributed by atoms with E-state index in [1.54, 1.807) is 48.5 Å². The quantitative estimate of drug-likeness (QED) is 0.303. The number of hydrogen-bond acceptors (Lipinski definition) is 4. The number of benzene rings is 3. The van der Waals surface area contributed by atoms with Gasteiger partial charge >= 0.3 is 0 Å². The standard InChI is InChI=1S/C25H20Cl2N2O3/c1-2-31-24-12-7-20(26)14-18(24)13-19(15-28)25(30)29-21-8-10-22(11-9-21)32-16-17-5-3-4-6-23(17)27/h3-14H,2,16H2,1H3,(H,29,30)/b19-13+. The monoisotopic (exact) mass is 466 g/mol. The SMILES string of the molecule is CCOc1ccc(Cl)cc1/C=C(\C#N)C(=O)Nc1ccc(OCc2ccccc2Cl)cc1. The Hall–Kier alpha value is -3.46. The summed E-state index contributed by atoms with van der Waals surface area (Å²) in [5.41, 5.74) is 1.88. The minimum Gasteiger partial charge on any atom is -0.493 e. The van der Waals surface area contributed by atoms with Crippen molar-refractivity contribution in [3.8, 4) is 17.6 Å². The summed E-state index contributed by atoms with van der Waals surface area (Å²) in [5.74, 6) is 0.622. The van der Waals surface area contributed by atoms with Crippen LogP contribution < -0.4 is 14.8 Å². The molecule has 0 aliphatic rings. The molecular weight excluding hydrogens is 447 g/mol. The zero-order valence-corrected chi connectivity index (χ0v) is 18.8. The van der Waals surface area contributed by atoms with Crippen LogP contribution in [0.3, 0.4) is 0 Å². The van der Waals surface area contributed by atoms with Gasteiger partial charge in [0.1, 0.15) is 29.7 Å². The third-order valence-electron chi connectivity index (χ3n) is 4.40. The Labute approximate surface area is 196 Å². The molecule has 0 heterocycles. The largest absolute Gasteiger partial charge is 0.493 e. The number of nitrogens with zero attached hydrogens (tertiary/aromatic N) is 1.